The van der Waals surface area contributed by atoms with Crippen LogP contribution in [0.3, 0.4) is 0 Å². The quantitative estimate of drug-likeness (QED) is 0.808. The van der Waals surface area contributed by atoms with Crippen LogP contribution in [0.1, 0.15) is 26.7 Å². The number of nitrogens with one attached hydrogen (secondary N) is 1. The lowest BCUT2D eigenvalue weighted by Crippen LogP contribution is -2.45. The zero-order valence-corrected chi connectivity index (χ0v) is 10.8. The van der Waals surface area contributed by atoms with Crippen molar-refractivity contribution in [3.05, 3.63) is 0 Å². The minimum atomic E-state index is -0.183. The third-order valence-electron chi connectivity index (χ3n) is 3.14. The average Bonchev–Trinajstić information content (AvgIpc) is 2.43. The zero-order valence-electron chi connectivity index (χ0n) is 9.99. The van der Waals surface area contributed by atoms with Gasteiger partial charge in [0.15, 0.2) is 0 Å². The summed E-state index contributed by atoms with van der Waals surface area (Å²) in [6, 6.07) is 0. The maximum Gasteiger partial charge on any atom is 0.410 e. The number of piperidine rings is 1. The molecule has 0 aromatic heterocycles. The fraction of sp³-hybridized carbons (Fsp3) is 0.909. The van der Waals surface area contributed by atoms with Gasteiger partial charge in [0.2, 0.25) is 0 Å². The number of rotatable bonds is 2. The molecule has 2 rings (SSSR count). The summed E-state index contributed by atoms with van der Waals surface area (Å²) in [6.45, 7) is 7.77. The van der Waals surface area contributed by atoms with Crippen molar-refractivity contribution in [2.75, 3.05) is 26.2 Å². The van der Waals surface area contributed by atoms with Crippen LogP contribution in [0.4, 0.5) is 4.79 Å². The van der Waals surface area contributed by atoms with Crippen molar-refractivity contribution < 1.29 is 9.53 Å². The molecule has 0 bridgehead atoms. The first kappa shape index (κ1) is 13.6. The SMILES string of the molecule is CC(C)CN1CC2(CCNCC2)OC1=O.Cl. The standard InChI is InChI=1S/C11H20N2O2.ClH/c1-9(2)7-13-8-11(15-10(13)14)3-5-12-6-4-11;/h9,12H,3-8H2,1-2H3;1H. The van der Waals surface area contributed by atoms with Gasteiger partial charge in [0.1, 0.15) is 5.60 Å². The van der Waals surface area contributed by atoms with Crippen LogP contribution in [0.25, 0.3) is 0 Å². The maximum atomic E-state index is 11.7. The van der Waals surface area contributed by atoms with E-state index in [1.165, 1.54) is 0 Å². The molecule has 2 aliphatic rings. The van der Waals surface area contributed by atoms with Gasteiger partial charge in [0.05, 0.1) is 6.54 Å². The number of nitrogens with zero attached hydrogens (tertiary/aromatic N) is 1. The van der Waals surface area contributed by atoms with Crippen LogP contribution in [0.2, 0.25) is 0 Å². The van der Waals surface area contributed by atoms with Gasteiger partial charge in [-0.25, -0.2) is 4.79 Å². The molecule has 94 valence electrons. The van der Waals surface area contributed by atoms with Crippen molar-refractivity contribution in [2.45, 2.75) is 32.3 Å². The predicted octanol–water partition coefficient (Wildman–Crippen LogP) is 1.64. The van der Waals surface area contributed by atoms with E-state index in [4.69, 9.17) is 4.74 Å². The Labute approximate surface area is 103 Å². The number of halogens is 1. The highest BCUT2D eigenvalue weighted by molar-refractivity contribution is 5.85. The van der Waals surface area contributed by atoms with Crippen molar-refractivity contribution in [1.82, 2.24) is 10.2 Å². The first-order valence-electron chi connectivity index (χ1n) is 5.80. The number of carbonyl (C=O) groups is 1. The average molecular weight is 249 g/mol. The lowest BCUT2D eigenvalue weighted by molar-refractivity contribution is 0.0316. The highest BCUT2D eigenvalue weighted by atomic mass is 35.5. The molecular weight excluding hydrogens is 228 g/mol. The third-order valence-corrected chi connectivity index (χ3v) is 3.14. The summed E-state index contributed by atoms with van der Waals surface area (Å²) in [5.74, 6) is 0.509. The van der Waals surface area contributed by atoms with Gasteiger partial charge >= 0.3 is 6.09 Å². The van der Waals surface area contributed by atoms with Gasteiger partial charge in [-0.2, -0.15) is 0 Å². The topological polar surface area (TPSA) is 41.6 Å². The maximum absolute atomic E-state index is 11.7. The molecule has 0 saturated carbocycles. The number of ether oxygens (including phenoxy) is 1. The molecule has 16 heavy (non-hydrogen) atoms. The van der Waals surface area contributed by atoms with Gasteiger partial charge in [-0.05, 0) is 19.0 Å². The Morgan fingerprint density at radius 3 is 2.62 bits per heavy atom. The molecule has 0 aromatic rings. The van der Waals surface area contributed by atoms with Gasteiger partial charge < -0.3 is 15.0 Å². The summed E-state index contributed by atoms with van der Waals surface area (Å²) in [4.78, 5) is 13.5. The van der Waals surface area contributed by atoms with E-state index < -0.39 is 0 Å². The largest absolute Gasteiger partial charge is 0.441 e. The van der Waals surface area contributed by atoms with Gasteiger partial charge in [0.25, 0.3) is 0 Å². The van der Waals surface area contributed by atoms with E-state index >= 15 is 0 Å². The van der Waals surface area contributed by atoms with Gasteiger partial charge in [-0.15, -0.1) is 12.4 Å². The van der Waals surface area contributed by atoms with Crippen molar-refractivity contribution >= 4 is 18.5 Å². The molecule has 1 spiro atoms. The fourth-order valence-electron chi connectivity index (χ4n) is 2.42. The van der Waals surface area contributed by atoms with Crippen LogP contribution in [0.5, 0.6) is 0 Å². The third kappa shape index (κ3) is 2.80. The Hall–Kier alpha value is -0.480. The van der Waals surface area contributed by atoms with Crippen LogP contribution < -0.4 is 5.32 Å². The van der Waals surface area contributed by atoms with Gasteiger partial charge in [-0.3, -0.25) is 0 Å². The van der Waals surface area contributed by atoms with Crippen molar-refractivity contribution in [2.24, 2.45) is 5.92 Å². The van der Waals surface area contributed by atoms with E-state index in [2.05, 4.69) is 19.2 Å². The van der Waals surface area contributed by atoms with Crippen LogP contribution >= 0.6 is 12.4 Å². The van der Waals surface area contributed by atoms with Gasteiger partial charge in [-0.1, -0.05) is 13.8 Å². The molecule has 2 fully saturated rings. The Bertz CT molecular complexity index is 252. The minimum absolute atomic E-state index is 0. The molecule has 5 heteroatoms. The molecule has 2 aliphatic heterocycles. The Morgan fingerprint density at radius 1 is 1.44 bits per heavy atom. The molecule has 2 saturated heterocycles. The summed E-state index contributed by atoms with van der Waals surface area (Å²) >= 11 is 0. The molecule has 0 atom stereocenters. The predicted molar refractivity (Wildman–Crippen MR) is 65.0 cm³/mol. The number of hydrogen-bond acceptors (Lipinski definition) is 3. The Kier molecular flexibility index (Phi) is 4.44. The van der Waals surface area contributed by atoms with Gasteiger partial charge in [0, 0.05) is 19.4 Å². The molecule has 2 heterocycles. The Balaban J connectivity index is 0.00000128. The first-order valence-corrected chi connectivity index (χ1v) is 5.80. The summed E-state index contributed by atoms with van der Waals surface area (Å²) in [7, 11) is 0. The van der Waals surface area contributed by atoms with E-state index in [1.807, 2.05) is 4.90 Å². The lowest BCUT2D eigenvalue weighted by atomic mass is 9.92. The van der Waals surface area contributed by atoms with Crippen molar-refractivity contribution in [3.8, 4) is 0 Å². The van der Waals surface area contributed by atoms with E-state index in [0.717, 1.165) is 39.0 Å². The summed E-state index contributed by atoms with van der Waals surface area (Å²) < 4.78 is 5.55. The van der Waals surface area contributed by atoms with Crippen molar-refractivity contribution in [3.63, 3.8) is 0 Å². The lowest BCUT2D eigenvalue weighted by Gasteiger charge is -2.31. The summed E-state index contributed by atoms with van der Waals surface area (Å²) in [6.07, 6.45) is 1.78. The smallest absolute Gasteiger partial charge is 0.410 e. The second kappa shape index (κ2) is 5.23. The molecule has 0 radical (unpaired) electrons. The molecular formula is C11H21ClN2O2. The highest BCUT2D eigenvalue weighted by Crippen LogP contribution is 2.31. The van der Waals surface area contributed by atoms with Crippen LogP contribution in [0.15, 0.2) is 0 Å². The minimum Gasteiger partial charge on any atom is -0.441 e. The molecule has 1 amide bonds. The van der Waals surface area contributed by atoms with E-state index in [9.17, 15) is 4.79 Å². The second-order valence-corrected chi connectivity index (χ2v) is 5.08. The molecule has 4 nitrogen and oxygen atoms in total. The van der Waals surface area contributed by atoms with E-state index in [-0.39, 0.29) is 24.1 Å². The summed E-state index contributed by atoms with van der Waals surface area (Å²) in [5.41, 5.74) is -0.183. The second-order valence-electron chi connectivity index (χ2n) is 5.08. The normalized spacial score (nSPS) is 23.4. The molecule has 0 aromatic carbocycles. The number of carbonyl (C=O) groups excluding carboxylic acids is 1. The zero-order chi connectivity index (χ0) is 10.9. The monoisotopic (exact) mass is 248 g/mol. The molecule has 0 unspecified atom stereocenters. The van der Waals surface area contributed by atoms with E-state index in [0.29, 0.717) is 5.92 Å². The first-order chi connectivity index (χ1) is 7.11. The molecule has 0 aliphatic carbocycles. The summed E-state index contributed by atoms with van der Waals surface area (Å²) in [5, 5.41) is 3.30. The molecule has 1 N–H and O–H groups in total. The van der Waals surface area contributed by atoms with Crippen LogP contribution in [-0.4, -0.2) is 42.8 Å². The number of hydrogen-bond donors (Lipinski definition) is 1. The Morgan fingerprint density at radius 2 is 2.06 bits per heavy atom. The van der Waals surface area contributed by atoms with E-state index in [1.54, 1.807) is 0 Å². The number of amides is 1. The fourth-order valence-corrected chi connectivity index (χ4v) is 2.42. The highest BCUT2D eigenvalue weighted by Gasteiger charge is 2.45. The van der Waals surface area contributed by atoms with Crippen molar-refractivity contribution in [1.29, 1.82) is 0 Å². The van der Waals surface area contributed by atoms with Crippen LogP contribution in [-0.2, 0) is 4.74 Å². The van der Waals surface area contributed by atoms with Crippen LogP contribution in [0, 0.1) is 5.92 Å².